The number of nitrogens with one attached hydrogen (secondary N) is 2. The Bertz CT molecular complexity index is 946. The van der Waals surface area contributed by atoms with Crippen molar-refractivity contribution >= 4 is 34.8 Å². The number of carbonyl (C=O) groups excluding carboxylic acids is 2. The summed E-state index contributed by atoms with van der Waals surface area (Å²) in [6.07, 6.45) is -4.88. The van der Waals surface area contributed by atoms with Gasteiger partial charge in [0.25, 0.3) is 5.91 Å². The maximum Gasteiger partial charge on any atom is 0.417 e. The average molecular weight is 428 g/mol. The fourth-order valence-electron chi connectivity index (χ4n) is 2.34. The number of halogens is 4. The van der Waals surface area contributed by atoms with Crippen LogP contribution in [-0.4, -0.2) is 24.6 Å². The number of nitrogens with zero attached hydrogens (tertiary/aromatic N) is 1. The Hall–Kier alpha value is -3.07. The lowest BCUT2D eigenvalue weighted by atomic mass is 10.2. The molecule has 0 bridgehead atoms. The van der Waals surface area contributed by atoms with Gasteiger partial charge in [0.15, 0.2) is 0 Å². The van der Waals surface area contributed by atoms with Crippen molar-refractivity contribution in [1.82, 2.24) is 5.43 Å². The van der Waals surface area contributed by atoms with Crippen molar-refractivity contribution in [2.75, 3.05) is 12.4 Å². The molecule has 0 atom stereocenters. The van der Waals surface area contributed by atoms with Crippen LogP contribution in [0.2, 0.25) is 5.02 Å². The molecule has 0 unspecified atom stereocenters. The van der Waals surface area contributed by atoms with Crippen molar-refractivity contribution in [3.05, 3.63) is 58.6 Å². The molecule has 0 spiro atoms. The van der Waals surface area contributed by atoms with Crippen LogP contribution in [0.25, 0.3) is 0 Å². The molecule has 0 aliphatic heterocycles. The van der Waals surface area contributed by atoms with E-state index in [1.54, 1.807) is 24.3 Å². The number of hydrogen-bond acceptors (Lipinski definition) is 4. The van der Waals surface area contributed by atoms with E-state index in [2.05, 4.69) is 15.8 Å². The molecule has 0 aliphatic rings. The van der Waals surface area contributed by atoms with Crippen molar-refractivity contribution in [2.45, 2.75) is 19.5 Å². The molecule has 2 rings (SSSR count). The van der Waals surface area contributed by atoms with Crippen LogP contribution >= 0.6 is 11.6 Å². The third-order valence-corrected chi connectivity index (χ3v) is 4.00. The number of rotatable bonds is 6. The zero-order valence-corrected chi connectivity index (χ0v) is 16.2. The molecular weight excluding hydrogens is 411 g/mol. The van der Waals surface area contributed by atoms with E-state index in [1.807, 2.05) is 0 Å². The van der Waals surface area contributed by atoms with Gasteiger partial charge in [-0.3, -0.25) is 9.59 Å². The minimum absolute atomic E-state index is 0.0578. The molecule has 0 saturated heterocycles. The van der Waals surface area contributed by atoms with Gasteiger partial charge >= 0.3 is 6.18 Å². The molecule has 2 aromatic carbocycles. The fourth-order valence-corrected chi connectivity index (χ4v) is 2.56. The minimum Gasteiger partial charge on any atom is -0.496 e. The van der Waals surface area contributed by atoms with E-state index in [4.69, 9.17) is 16.3 Å². The molecular formula is C19H17ClF3N3O3. The molecule has 154 valence electrons. The summed E-state index contributed by atoms with van der Waals surface area (Å²) in [6.45, 7) is 1.49. The molecule has 0 heterocycles. The molecule has 0 fully saturated rings. The molecule has 0 aliphatic carbocycles. The zero-order chi connectivity index (χ0) is 21.6. The van der Waals surface area contributed by atoms with Gasteiger partial charge in [0.2, 0.25) is 5.91 Å². The van der Waals surface area contributed by atoms with Crippen LogP contribution in [0.1, 0.15) is 29.3 Å². The highest BCUT2D eigenvalue weighted by molar-refractivity contribution is 6.31. The van der Waals surface area contributed by atoms with E-state index in [9.17, 15) is 22.8 Å². The number of benzene rings is 2. The quantitative estimate of drug-likeness (QED) is 0.526. The van der Waals surface area contributed by atoms with Gasteiger partial charge in [0, 0.05) is 11.4 Å². The molecule has 0 saturated carbocycles. The number of ether oxygens (including phenoxy) is 1. The molecule has 6 nitrogen and oxygen atoms in total. The van der Waals surface area contributed by atoms with Gasteiger partial charge in [-0.2, -0.15) is 18.3 Å². The molecule has 0 aromatic heterocycles. The smallest absolute Gasteiger partial charge is 0.417 e. The molecule has 29 heavy (non-hydrogen) atoms. The number of anilines is 1. The normalized spacial score (nSPS) is 11.7. The number of carbonyl (C=O) groups is 2. The van der Waals surface area contributed by atoms with Gasteiger partial charge in [-0.05, 0) is 37.3 Å². The lowest BCUT2D eigenvalue weighted by Crippen LogP contribution is -2.22. The van der Waals surface area contributed by atoms with E-state index >= 15 is 0 Å². The van der Waals surface area contributed by atoms with Gasteiger partial charge in [-0.1, -0.05) is 23.7 Å². The molecule has 2 N–H and O–H groups in total. The van der Waals surface area contributed by atoms with Crippen LogP contribution in [0.5, 0.6) is 5.75 Å². The Balaban J connectivity index is 1.99. The van der Waals surface area contributed by atoms with E-state index in [0.717, 1.165) is 12.1 Å². The predicted octanol–water partition coefficient (Wildman–Crippen LogP) is 4.50. The fraction of sp³-hybridized carbons (Fsp3) is 0.211. The Morgan fingerprint density at radius 1 is 1.17 bits per heavy atom. The first-order valence-corrected chi connectivity index (χ1v) is 8.62. The largest absolute Gasteiger partial charge is 0.496 e. The highest BCUT2D eigenvalue weighted by Gasteiger charge is 2.33. The Morgan fingerprint density at radius 3 is 2.52 bits per heavy atom. The van der Waals surface area contributed by atoms with Gasteiger partial charge in [-0.15, -0.1) is 0 Å². The summed E-state index contributed by atoms with van der Waals surface area (Å²) in [5.41, 5.74) is 1.70. The highest BCUT2D eigenvalue weighted by atomic mass is 35.5. The second-order valence-electron chi connectivity index (χ2n) is 5.91. The van der Waals surface area contributed by atoms with Crippen LogP contribution in [0.15, 0.2) is 47.6 Å². The number of alkyl halides is 3. The average Bonchev–Trinajstić information content (AvgIpc) is 2.66. The van der Waals surface area contributed by atoms with Crippen LogP contribution in [0.4, 0.5) is 18.9 Å². The van der Waals surface area contributed by atoms with Crippen molar-refractivity contribution in [3.8, 4) is 5.75 Å². The van der Waals surface area contributed by atoms with Crippen molar-refractivity contribution in [1.29, 1.82) is 0 Å². The summed E-state index contributed by atoms with van der Waals surface area (Å²) < 4.78 is 43.7. The first-order chi connectivity index (χ1) is 13.6. The van der Waals surface area contributed by atoms with Gasteiger partial charge < -0.3 is 10.1 Å². The number of methoxy groups -OCH3 is 1. The zero-order valence-electron chi connectivity index (χ0n) is 15.4. The lowest BCUT2D eigenvalue weighted by molar-refractivity contribution is -0.137. The topological polar surface area (TPSA) is 79.8 Å². The third-order valence-electron chi connectivity index (χ3n) is 3.67. The second-order valence-corrected chi connectivity index (χ2v) is 6.31. The van der Waals surface area contributed by atoms with Crippen LogP contribution in [0.3, 0.4) is 0 Å². The van der Waals surface area contributed by atoms with Crippen LogP contribution in [0, 0.1) is 0 Å². The predicted molar refractivity (Wildman–Crippen MR) is 103 cm³/mol. The standard InChI is InChI=1S/C19H17ClF3N3O3/c1-11(25-26-18(28)13-5-3-4-6-16(13)29-2)9-17(27)24-12-7-8-15(20)14(10-12)19(21,22)23/h3-8,10H,9H2,1-2H3,(H,24,27)(H,26,28). The van der Waals surface area contributed by atoms with E-state index < -0.39 is 28.6 Å². The maximum absolute atomic E-state index is 12.9. The number of hydrazone groups is 1. The molecule has 2 aromatic rings. The first-order valence-electron chi connectivity index (χ1n) is 8.25. The number of amides is 2. The maximum atomic E-state index is 12.9. The van der Waals surface area contributed by atoms with Gasteiger partial charge in [0.05, 0.1) is 29.7 Å². The van der Waals surface area contributed by atoms with Gasteiger partial charge in [0.1, 0.15) is 5.75 Å². The monoisotopic (exact) mass is 427 g/mol. The van der Waals surface area contributed by atoms with Crippen LogP contribution in [-0.2, 0) is 11.0 Å². The highest BCUT2D eigenvalue weighted by Crippen LogP contribution is 2.36. The summed E-state index contributed by atoms with van der Waals surface area (Å²) in [6, 6.07) is 9.57. The molecule has 10 heteroatoms. The summed E-state index contributed by atoms with van der Waals surface area (Å²) in [7, 11) is 1.42. The Morgan fingerprint density at radius 2 is 1.86 bits per heavy atom. The first kappa shape index (κ1) is 22.2. The molecule has 2 amide bonds. The van der Waals surface area contributed by atoms with Crippen molar-refractivity contribution in [3.63, 3.8) is 0 Å². The summed E-state index contributed by atoms with van der Waals surface area (Å²) in [4.78, 5) is 24.2. The third kappa shape index (κ3) is 6.21. The Labute approximate surface area is 169 Å². The van der Waals surface area contributed by atoms with Crippen molar-refractivity contribution < 1.29 is 27.5 Å². The molecule has 0 radical (unpaired) electrons. The number of hydrogen-bond donors (Lipinski definition) is 2. The van der Waals surface area contributed by atoms with E-state index in [-0.39, 0.29) is 23.4 Å². The summed E-state index contributed by atoms with van der Waals surface area (Å²) in [5, 5.41) is 5.70. The SMILES string of the molecule is COc1ccccc1C(=O)NN=C(C)CC(=O)Nc1ccc(Cl)c(C(F)(F)F)c1. The lowest BCUT2D eigenvalue weighted by Gasteiger charge is -2.12. The van der Waals surface area contributed by atoms with Crippen LogP contribution < -0.4 is 15.5 Å². The minimum atomic E-state index is -4.64. The summed E-state index contributed by atoms with van der Waals surface area (Å²) in [5.74, 6) is -0.776. The van der Waals surface area contributed by atoms with Gasteiger partial charge in [-0.25, -0.2) is 5.43 Å². The summed E-state index contributed by atoms with van der Waals surface area (Å²) >= 11 is 5.54. The van der Waals surface area contributed by atoms with Crippen molar-refractivity contribution in [2.24, 2.45) is 5.10 Å². The van der Waals surface area contributed by atoms with E-state index in [1.165, 1.54) is 20.1 Å². The second kappa shape index (κ2) is 9.42. The van der Waals surface area contributed by atoms with E-state index in [0.29, 0.717) is 5.75 Å². The number of para-hydroxylation sites is 1. The Kier molecular flexibility index (Phi) is 7.22.